The van der Waals surface area contributed by atoms with Gasteiger partial charge in [0.15, 0.2) is 5.78 Å². The molecule has 1 aliphatic heterocycles. The lowest BCUT2D eigenvalue weighted by atomic mass is 10.1. The zero-order chi connectivity index (χ0) is 27.9. The third-order valence-corrected chi connectivity index (χ3v) is 6.94. The molecule has 1 saturated heterocycles. The molecule has 0 atom stereocenters. The van der Waals surface area contributed by atoms with Crippen molar-refractivity contribution in [1.29, 1.82) is 0 Å². The summed E-state index contributed by atoms with van der Waals surface area (Å²) in [6.07, 6.45) is 2.28. The summed E-state index contributed by atoms with van der Waals surface area (Å²) in [5, 5.41) is 8.34. The zero-order valence-electron chi connectivity index (χ0n) is 22.9. The Bertz CT molecular complexity index is 1620. The van der Waals surface area contributed by atoms with Crippen LogP contribution in [0, 0.1) is 13.8 Å². The summed E-state index contributed by atoms with van der Waals surface area (Å²) in [4.78, 5) is 40.4. The van der Waals surface area contributed by atoms with Crippen LogP contribution in [0.3, 0.4) is 0 Å². The van der Waals surface area contributed by atoms with Gasteiger partial charge in [-0.1, -0.05) is 6.07 Å². The van der Waals surface area contributed by atoms with Gasteiger partial charge in [-0.25, -0.2) is 4.79 Å². The Morgan fingerprint density at radius 3 is 2.31 bits per heavy atom. The molecule has 0 aliphatic carbocycles. The highest BCUT2D eigenvalue weighted by Crippen LogP contribution is 2.29. The number of carbonyl (C=O) groups excluding carboxylic acids is 2. The third-order valence-electron chi connectivity index (χ3n) is 6.94. The number of hydrogen-bond acceptors (Lipinski definition) is 6. The molecule has 0 saturated carbocycles. The Labute approximate surface area is 227 Å². The largest absolute Gasteiger partial charge is 0.444 e. The molecule has 5 rings (SSSR count). The molecule has 39 heavy (non-hydrogen) atoms. The molecular weight excluding hydrogens is 494 g/mol. The lowest BCUT2D eigenvalue weighted by Gasteiger charge is -2.33. The van der Waals surface area contributed by atoms with E-state index in [9.17, 15) is 14.4 Å². The maximum Gasteiger partial charge on any atom is 0.408 e. The number of nitrogens with zero attached hydrogens (tertiary/aromatic N) is 4. The fraction of sp³-hybridized carbons (Fsp3) is 0.333. The van der Waals surface area contributed by atoms with Crippen molar-refractivity contribution in [2.75, 3.05) is 24.5 Å². The average Bonchev–Trinajstić information content (AvgIpc) is 3.11. The Kier molecular flexibility index (Phi) is 6.76. The predicted octanol–water partition coefficient (Wildman–Crippen LogP) is 4.71. The van der Waals surface area contributed by atoms with Crippen LogP contribution in [0.2, 0.25) is 0 Å². The lowest BCUT2D eigenvalue weighted by molar-refractivity contribution is 0.0520. The molecule has 1 N–H and O–H groups in total. The number of fused-ring (bicyclic) bond motifs is 1. The number of ketones is 1. The summed E-state index contributed by atoms with van der Waals surface area (Å²) < 4.78 is 8.63. The highest BCUT2D eigenvalue weighted by atomic mass is 16.6. The van der Waals surface area contributed by atoms with E-state index in [1.54, 1.807) is 51.2 Å². The number of ether oxygens (including phenoxy) is 1. The van der Waals surface area contributed by atoms with Gasteiger partial charge in [0.05, 0.1) is 23.8 Å². The van der Waals surface area contributed by atoms with Crippen molar-refractivity contribution in [3.05, 3.63) is 82.0 Å². The Balaban J connectivity index is 1.41. The minimum Gasteiger partial charge on any atom is -0.444 e. The van der Waals surface area contributed by atoms with Crippen LogP contribution in [0.1, 0.15) is 48.9 Å². The molecule has 3 heterocycles. The molecule has 9 nitrogen and oxygen atoms in total. The number of aryl methyl sites for hydroxylation is 2. The molecule has 2 aromatic carbocycles. The van der Waals surface area contributed by atoms with Gasteiger partial charge in [0.25, 0.3) is 5.56 Å². The molecule has 202 valence electrons. The van der Waals surface area contributed by atoms with Crippen molar-refractivity contribution < 1.29 is 14.3 Å². The van der Waals surface area contributed by atoms with E-state index in [0.29, 0.717) is 16.6 Å². The quantitative estimate of drug-likeness (QED) is 0.365. The molecule has 0 spiro atoms. The molecule has 1 amide bonds. The summed E-state index contributed by atoms with van der Waals surface area (Å²) in [5.41, 5.74) is 4.08. The van der Waals surface area contributed by atoms with E-state index in [1.165, 1.54) is 16.8 Å². The first kappa shape index (κ1) is 26.2. The van der Waals surface area contributed by atoms with Crippen LogP contribution in [0.25, 0.3) is 22.1 Å². The van der Waals surface area contributed by atoms with E-state index in [0.717, 1.165) is 35.6 Å². The van der Waals surface area contributed by atoms with Crippen LogP contribution >= 0.6 is 0 Å². The van der Waals surface area contributed by atoms with Gasteiger partial charge in [-0.05, 0) is 83.5 Å². The summed E-state index contributed by atoms with van der Waals surface area (Å²) in [5.74, 6) is -0.271. The number of nitrogens with one attached hydrogen (secondary N) is 1. The van der Waals surface area contributed by atoms with Gasteiger partial charge in [-0.15, -0.1) is 0 Å². The van der Waals surface area contributed by atoms with Gasteiger partial charge >= 0.3 is 6.09 Å². The Morgan fingerprint density at radius 1 is 0.974 bits per heavy atom. The van der Waals surface area contributed by atoms with Gasteiger partial charge in [-0.3, -0.25) is 9.59 Å². The first-order chi connectivity index (χ1) is 18.5. The number of anilines is 1. The van der Waals surface area contributed by atoms with Crippen LogP contribution in [-0.2, 0) is 4.74 Å². The van der Waals surface area contributed by atoms with E-state index < -0.39 is 11.7 Å². The fourth-order valence-corrected chi connectivity index (χ4v) is 4.89. The molecule has 1 aliphatic rings. The first-order valence-electron chi connectivity index (χ1n) is 13.1. The van der Waals surface area contributed by atoms with Crippen molar-refractivity contribution in [2.24, 2.45) is 0 Å². The van der Waals surface area contributed by atoms with Crippen molar-refractivity contribution in [2.45, 2.75) is 46.6 Å². The second-order valence-electron chi connectivity index (χ2n) is 10.8. The van der Waals surface area contributed by atoms with Crippen LogP contribution < -0.4 is 15.8 Å². The SMILES string of the molecule is Cc1c2cnn(-c3ccc(C(=O)CNC(=O)OC(C)(C)C)cc3)c(=O)c2c(C)n1-c1cccc(N2CCC2)c1. The highest BCUT2D eigenvalue weighted by molar-refractivity contribution is 5.99. The number of aromatic nitrogens is 3. The molecule has 9 heteroatoms. The number of rotatable bonds is 6. The summed E-state index contributed by atoms with van der Waals surface area (Å²) in [7, 11) is 0. The van der Waals surface area contributed by atoms with Crippen LogP contribution in [0.4, 0.5) is 10.5 Å². The summed E-state index contributed by atoms with van der Waals surface area (Å²) in [6, 6.07) is 15.0. The average molecular weight is 528 g/mol. The van der Waals surface area contributed by atoms with E-state index in [-0.39, 0.29) is 17.9 Å². The molecule has 0 radical (unpaired) electrons. The van der Waals surface area contributed by atoms with Gasteiger partial charge < -0.3 is 19.5 Å². The van der Waals surface area contributed by atoms with Crippen molar-refractivity contribution in [1.82, 2.24) is 19.7 Å². The molecule has 0 bridgehead atoms. The number of amides is 1. The van der Waals surface area contributed by atoms with Gasteiger partial charge in [0.2, 0.25) is 0 Å². The van der Waals surface area contributed by atoms with Crippen molar-refractivity contribution >= 4 is 28.3 Å². The number of carbonyl (C=O) groups is 2. The second-order valence-corrected chi connectivity index (χ2v) is 10.8. The van der Waals surface area contributed by atoms with E-state index in [1.807, 2.05) is 13.8 Å². The molecular formula is C30H33N5O4. The monoisotopic (exact) mass is 527 g/mol. The van der Waals surface area contributed by atoms with Gasteiger partial charge in [-0.2, -0.15) is 9.78 Å². The molecule has 2 aromatic heterocycles. The number of alkyl carbamates (subject to hydrolysis) is 1. The highest BCUT2D eigenvalue weighted by Gasteiger charge is 2.20. The number of hydrogen-bond donors (Lipinski definition) is 1. The van der Waals surface area contributed by atoms with Crippen molar-refractivity contribution in [3.63, 3.8) is 0 Å². The fourth-order valence-electron chi connectivity index (χ4n) is 4.89. The molecule has 4 aromatic rings. The topological polar surface area (TPSA) is 98.5 Å². The van der Waals surface area contributed by atoms with Gasteiger partial charge in [0.1, 0.15) is 5.60 Å². The molecule has 1 fully saturated rings. The number of Topliss-reactive ketones (excluding diaryl/α,β-unsaturated/α-hetero) is 1. The van der Waals surface area contributed by atoms with E-state index in [4.69, 9.17) is 4.74 Å². The van der Waals surface area contributed by atoms with Gasteiger partial charge in [0, 0.05) is 46.8 Å². The summed E-state index contributed by atoms with van der Waals surface area (Å²) in [6.45, 7) is 11.2. The van der Waals surface area contributed by atoms with Crippen LogP contribution in [0.15, 0.2) is 59.5 Å². The number of benzene rings is 2. The smallest absolute Gasteiger partial charge is 0.408 e. The van der Waals surface area contributed by atoms with Crippen LogP contribution in [0.5, 0.6) is 0 Å². The maximum absolute atomic E-state index is 13.6. The zero-order valence-corrected chi connectivity index (χ0v) is 22.9. The van der Waals surface area contributed by atoms with E-state index >= 15 is 0 Å². The second kappa shape index (κ2) is 10.1. The van der Waals surface area contributed by atoms with E-state index in [2.05, 4.69) is 44.1 Å². The Morgan fingerprint density at radius 2 is 1.67 bits per heavy atom. The minimum absolute atomic E-state index is 0.191. The Hall–Kier alpha value is -4.40. The lowest BCUT2D eigenvalue weighted by Crippen LogP contribution is -2.36. The third kappa shape index (κ3) is 5.16. The minimum atomic E-state index is -0.651. The normalized spacial score (nSPS) is 13.3. The molecule has 0 unspecified atom stereocenters. The summed E-state index contributed by atoms with van der Waals surface area (Å²) >= 11 is 0. The first-order valence-corrected chi connectivity index (χ1v) is 13.1. The van der Waals surface area contributed by atoms with Crippen LogP contribution in [-0.4, -0.2) is 51.5 Å². The maximum atomic E-state index is 13.6. The predicted molar refractivity (Wildman–Crippen MR) is 152 cm³/mol. The standard InChI is InChI=1S/C30H33N5O4/c1-19-25-17-32-35(22-12-10-21(11-13-22)26(36)18-31-29(38)39-30(3,4)5)28(37)27(25)20(2)34(19)24-9-6-8-23(16-24)33-14-7-15-33/h6,8-13,16-17H,7,14-15,18H2,1-5H3,(H,31,38). The van der Waals surface area contributed by atoms with Crippen molar-refractivity contribution in [3.8, 4) is 11.4 Å².